The number of hydrogen-bond acceptors (Lipinski definition) is 4. The Morgan fingerprint density at radius 3 is 2.35 bits per heavy atom. The second kappa shape index (κ2) is 4.89. The lowest BCUT2D eigenvalue weighted by molar-refractivity contribution is -0.132. The Bertz CT molecular complexity index is 462. The standard InChI is InChI=1S/C10H10FNO5/c11-6-2-1-4(10(16)17)3-5(6)7(13)8(14)9(12)15/h1-3,7-8,13-14H,(H2,12,15)(H,16,17). The minimum atomic E-state index is -2.01. The van der Waals surface area contributed by atoms with E-state index in [0.29, 0.717) is 0 Å². The molecule has 1 amide bonds. The number of aliphatic hydroxyl groups excluding tert-OH is 2. The maximum Gasteiger partial charge on any atom is 0.335 e. The second-order valence-corrected chi connectivity index (χ2v) is 3.33. The van der Waals surface area contributed by atoms with Gasteiger partial charge in [0, 0.05) is 5.56 Å². The Hall–Kier alpha value is -1.99. The Balaban J connectivity index is 3.16. The van der Waals surface area contributed by atoms with Crippen molar-refractivity contribution in [3.05, 3.63) is 35.1 Å². The van der Waals surface area contributed by atoms with Crippen LogP contribution in [0.4, 0.5) is 4.39 Å². The summed E-state index contributed by atoms with van der Waals surface area (Å²) in [6, 6.07) is 2.63. The van der Waals surface area contributed by atoms with Crippen molar-refractivity contribution in [3.8, 4) is 0 Å². The second-order valence-electron chi connectivity index (χ2n) is 3.33. The third-order valence-electron chi connectivity index (χ3n) is 2.15. The van der Waals surface area contributed by atoms with Gasteiger partial charge >= 0.3 is 5.97 Å². The zero-order valence-corrected chi connectivity index (χ0v) is 8.50. The van der Waals surface area contributed by atoms with Crippen LogP contribution in [-0.4, -0.2) is 33.3 Å². The minimum Gasteiger partial charge on any atom is -0.478 e. The molecule has 0 bridgehead atoms. The van der Waals surface area contributed by atoms with E-state index < -0.39 is 35.5 Å². The highest BCUT2D eigenvalue weighted by molar-refractivity contribution is 5.88. The summed E-state index contributed by atoms with van der Waals surface area (Å²) in [5, 5.41) is 27.3. The number of primary amides is 1. The molecule has 0 spiro atoms. The number of aliphatic hydroxyl groups is 2. The molecular weight excluding hydrogens is 233 g/mol. The summed E-state index contributed by atoms with van der Waals surface area (Å²) in [7, 11) is 0. The third kappa shape index (κ3) is 2.77. The highest BCUT2D eigenvalue weighted by Crippen LogP contribution is 2.21. The molecule has 5 N–H and O–H groups in total. The molecule has 0 aliphatic heterocycles. The SMILES string of the molecule is NC(=O)C(O)C(O)c1cc(C(=O)O)ccc1F. The molecule has 0 saturated carbocycles. The van der Waals surface area contributed by atoms with Crippen molar-refractivity contribution in [2.24, 2.45) is 5.73 Å². The molecule has 1 rings (SSSR count). The fourth-order valence-corrected chi connectivity index (χ4v) is 1.23. The molecule has 1 aromatic rings. The minimum absolute atomic E-state index is 0.280. The predicted molar refractivity (Wildman–Crippen MR) is 53.5 cm³/mol. The average molecular weight is 243 g/mol. The average Bonchev–Trinajstić information content (AvgIpc) is 2.27. The van der Waals surface area contributed by atoms with E-state index in [0.717, 1.165) is 18.2 Å². The summed E-state index contributed by atoms with van der Waals surface area (Å²) < 4.78 is 13.3. The molecule has 17 heavy (non-hydrogen) atoms. The van der Waals surface area contributed by atoms with Crippen molar-refractivity contribution in [1.82, 2.24) is 0 Å². The number of carboxylic acids is 1. The van der Waals surface area contributed by atoms with Gasteiger partial charge in [0.2, 0.25) is 5.91 Å². The number of halogens is 1. The zero-order valence-electron chi connectivity index (χ0n) is 8.50. The lowest BCUT2D eigenvalue weighted by Gasteiger charge is -2.16. The van der Waals surface area contributed by atoms with Gasteiger partial charge in [0.25, 0.3) is 0 Å². The molecule has 0 radical (unpaired) electrons. The monoisotopic (exact) mass is 243 g/mol. The van der Waals surface area contributed by atoms with Gasteiger partial charge in [-0.05, 0) is 18.2 Å². The number of nitrogens with two attached hydrogens (primary N) is 1. The molecule has 7 heteroatoms. The summed E-state index contributed by atoms with van der Waals surface area (Å²) in [5.74, 6) is -3.51. The van der Waals surface area contributed by atoms with Gasteiger partial charge in [0.15, 0.2) is 6.10 Å². The van der Waals surface area contributed by atoms with Crippen LogP contribution in [0.15, 0.2) is 18.2 Å². The van der Waals surface area contributed by atoms with Crippen LogP contribution in [0.2, 0.25) is 0 Å². The zero-order chi connectivity index (χ0) is 13.2. The number of rotatable bonds is 4. The summed E-state index contributed by atoms with van der Waals surface area (Å²) in [6.45, 7) is 0. The molecular formula is C10H10FNO5. The number of benzene rings is 1. The lowest BCUT2D eigenvalue weighted by Crippen LogP contribution is -2.34. The molecule has 0 aliphatic carbocycles. The lowest BCUT2D eigenvalue weighted by atomic mass is 10.0. The maximum absolute atomic E-state index is 13.3. The molecule has 0 aliphatic rings. The quantitative estimate of drug-likeness (QED) is 0.562. The molecule has 0 fully saturated rings. The van der Waals surface area contributed by atoms with Crippen molar-refractivity contribution in [2.45, 2.75) is 12.2 Å². The summed E-state index contributed by atoms with van der Waals surface area (Å²) in [4.78, 5) is 21.3. The maximum atomic E-state index is 13.3. The van der Waals surface area contributed by atoms with Crippen LogP contribution in [0.25, 0.3) is 0 Å². The number of aromatic carboxylic acids is 1. The van der Waals surface area contributed by atoms with Crippen LogP contribution in [0.1, 0.15) is 22.0 Å². The van der Waals surface area contributed by atoms with Gasteiger partial charge in [-0.25, -0.2) is 9.18 Å². The van der Waals surface area contributed by atoms with Crippen LogP contribution >= 0.6 is 0 Å². The van der Waals surface area contributed by atoms with Crippen LogP contribution in [0, 0.1) is 5.82 Å². The van der Waals surface area contributed by atoms with E-state index in [1.165, 1.54) is 0 Å². The topological polar surface area (TPSA) is 121 Å². The molecule has 0 aromatic heterocycles. The summed E-state index contributed by atoms with van der Waals surface area (Å²) in [6.07, 6.45) is -3.92. The molecule has 1 aromatic carbocycles. The van der Waals surface area contributed by atoms with Crippen LogP contribution in [-0.2, 0) is 4.79 Å². The highest BCUT2D eigenvalue weighted by atomic mass is 19.1. The van der Waals surface area contributed by atoms with Crippen LogP contribution < -0.4 is 5.73 Å². The van der Waals surface area contributed by atoms with Crippen LogP contribution in [0.3, 0.4) is 0 Å². The van der Waals surface area contributed by atoms with Crippen molar-refractivity contribution in [1.29, 1.82) is 0 Å². The third-order valence-corrected chi connectivity index (χ3v) is 2.15. The fraction of sp³-hybridized carbons (Fsp3) is 0.200. The Labute approximate surface area is 95.1 Å². The number of carbonyl (C=O) groups is 2. The van der Waals surface area contributed by atoms with Gasteiger partial charge in [0.1, 0.15) is 11.9 Å². The Morgan fingerprint density at radius 2 is 1.88 bits per heavy atom. The smallest absolute Gasteiger partial charge is 0.335 e. The first kappa shape index (κ1) is 13.1. The van der Waals surface area contributed by atoms with E-state index in [1.807, 2.05) is 0 Å². The number of hydrogen-bond donors (Lipinski definition) is 4. The number of carbonyl (C=O) groups excluding carboxylic acids is 1. The first-order chi connectivity index (χ1) is 7.84. The van der Waals surface area contributed by atoms with Crippen LogP contribution in [0.5, 0.6) is 0 Å². The Morgan fingerprint density at radius 1 is 1.29 bits per heavy atom. The van der Waals surface area contributed by atoms with Gasteiger partial charge < -0.3 is 21.1 Å². The predicted octanol–water partition coefficient (Wildman–Crippen LogP) is -0.597. The molecule has 2 atom stereocenters. The van der Waals surface area contributed by atoms with Crippen molar-refractivity contribution >= 4 is 11.9 Å². The first-order valence-electron chi connectivity index (χ1n) is 4.52. The number of carboxylic acid groups (broad SMARTS) is 1. The molecule has 92 valence electrons. The fourth-order valence-electron chi connectivity index (χ4n) is 1.23. The van der Waals surface area contributed by atoms with E-state index in [1.54, 1.807) is 0 Å². The molecule has 0 heterocycles. The van der Waals surface area contributed by atoms with Crippen molar-refractivity contribution in [3.63, 3.8) is 0 Å². The molecule has 6 nitrogen and oxygen atoms in total. The first-order valence-corrected chi connectivity index (χ1v) is 4.52. The van der Waals surface area contributed by atoms with E-state index in [4.69, 9.17) is 15.9 Å². The van der Waals surface area contributed by atoms with Gasteiger partial charge in [-0.2, -0.15) is 0 Å². The molecule has 2 unspecified atom stereocenters. The van der Waals surface area contributed by atoms with E-state index >= 15 is 0 Å². The summed E-state index contributed by atoms with van der Waals surface area (Å²) >= 11 is 0. The summed E-state index contributed by atoms with van der Waals surface area (Å²) in [5.41, 5.74) is 3.95. The van der Waals surface area contributed by atoms with Gasteiger partial charge in [0.05, 0.1) is 5.56 Å². The van der Waals surface area contributed by atoms with E-state index in [-0.39, 0.29) is 5.56 Å². The largest absolute Gasteiger partial charge is 0.478 e. The number of amides is 1. The Kier molecular flexibility index (Phi) is 3.77. The van der Waals surface area contributed by atoms with E-state index in [2.05, 4.69) is 0 Å². The molecule has 0 saturated heterocycles. The van der Waals surface area contributed by atoms with Gasteiger partial charge in [-0.3, -0.25) is 4.79 Å². The van der Waals surface area contributed by atoms with Gasteiger partial charge in [-0.15, -0.1) is 0 Å². The van der Waals surface area contributed by atoms with Crippen molar-refractivity contribution in [2.75, 3.05) is 0 Å². The highest BCUT2D eigenvalue weighted by Gasteiger charge is 2.26. The van der Waals surface area contributed by atoms with E-state index in [9.17, 15) is 19.1 Å². The normalized spacial score (nSPS) is 14.1. The van der Waals surface area contributed by atoms with Gasteiger partial charge in [-0.1, -0.05) is 0 Å². The van der Waals surface area contributed by atoms with Crippen molar-refractivity contribution < 1.29 is 29.3 Å².